The first-order valence-corrected chi connectivity index (χ1v) is 7.35. The van der Waals surface area contributed by atoms with Crippen molar-refractivity contribution in [1.82, 2.24) is 9.38 Å². The number of halogens is 1. The SMILES string of the molecule is O=C(O)Cc1nc2cc(Cl)ccn2c1CP(=O)(O)O. The smallest absolute Gasteiger partial charge is 0.331 e. The van der Waals surface area contributed by atoms with Crippen LogP contribution in [0.15, 0.2) is 18.3 Å². The molecule has 0 unspecified atom stereocenters. The van der Waals surface area contributed by atoms with Gasteiger partial charge in [0.1, 0.15) is 5.65 Å². The number of pyridine rings is 1. The zero-order chi connectivity index (χ0) is 14.2. The summed E-state index contributed by atoms with van der Waals surface area (Å²) in [5.74, 6) is -1.12. The second-order valence-electron chi connectivity index (χ2n) is 3.97. The van der Waals surface area contributed by atoms with E-state index in [9.17, 15) is 9.36 Å². The topological polar surface area (TPSA) is 112 Å². The molecule has 0 aliphatic rings. The van der Waals surface area contributed by atoms with Gasteiger partial charge in [-0.3, -0.25) is 9.36 Å². The fraction of sp³-hybridized carbons (Fsp3) is 0.200. The fourth-order valence-corrected chi connectivity index (χ4v) is 2.65. The predicted molar refractivity (Wildman–Crippen MR) is 67.3 cm³/mol. The van der Waals surface area contributed by atoms with E-state index in [1.807, 2.05) is 0 Å². The van der Waals surface area contributed by atoms with E-state index in [-0.39, 0.29) is 11.4 Å². The standard InChI is InChI=1S/C10H10ClN2O5P/c11-6-1-2-13-8(5-19(16,17)18)7(4-10(14)15)12-9(13)3-6/h1-3H,4-5H2,(H,14,15)(H2,16,17,18). The minimum atomic E-state index is -4.33. The van der Waals surface area contributed by atoms with Gasteiger partial charge in [-0.15, -0.1) is 0 Å². The number of hydrogen-bond donors (Lipinski definition) is 3. The maximum Gasteiger partial charge on any atom is 0.331 e. The summed E-state index contributed by atoms with van der Waals surface area (Å²) < 4.78 is 12.6. The minimum absolute atomic E-state index is 0.123. The number of fused-ring (bicyclic) bond motifs is 1. The van der Waals surface area contributed by atoms with Gasteiger partial charge in [0.2, 0.25) is 0 Å². The summed E-state index contributed by atoms with van der Waals surface area (Å²) in [5.41, 5.74) is 0.660. The Bertz CT molecular complexity index is 693. The average molecular weight is 305 g/mol. The van der Waals surface area contributed by atoms with E-state index in [1.165, 1.54) is 22.7 Å². The van der Waals surface area contributed by atoms with Gasteiger partial charge >= 0.3 is 13.6 Å². The van der Waals surface area contributed by atoms with E-state index in [0.717, 1.165) is 0 Å². The van der Waals surface area contributed by atoms with Crippen LogP contribution in [0.4, 0.5) is 0 Å². The van der Waals surface area contributed by atoms with Crippen molar-refractivity contribution in [2.45, 2.75) is 12.6 Å². The molecule has 0 aliphatic carbocycles. The molecule has 3 N–H and O–H groups in total. The Kier molecular flexibility index (Phi) is 3.64. The summed E-state index contributed by atoms with van der Waals surface area (Å²) in [6.45, 7) is 0. The second-order valence-corrected chi connectivity index (χ2v) is 6.05. The lowest BCUT2D eigenvalue weighted by Crippen LogP contribution is -2.04. The van der Waals surface area contributed by atoms with Crippen molar-refractivity contribution < 1.29 is 24.3 Å². The average Bonchev–Trinajstić information content (AvgIpc) is 2.52. The number of hydrogen-bond acceptors (Lipinski definition) is 3. The molecule has 0 bridgehead atoms. The summed E-state index contributed by atoms with van der Waals surface area (Å²) in [6, 6.07) is 3.03. The number of carbonyl (C=O) groups is 1. The molecule has 0 aromatic carbocycles. The van der Waals surface area contributed by atoms with E-state index in [0.29, 0.717) is 10.7 Å². The van der Waals surface area contributed by atoms with Crippen molar-refractivity contribution in [3.05, 3.63) is 34.7 Å². The lowest BCUT2D eigenvalue weighted by Gasteiger charge is -2.06. The molecule has 0 atom stereocenters. The van der Waals surface area contributed by atoms with Crippen molar-refractivity contribution in [1.29, 1.82) is 0 Å². The third-order valence-electron chi connectivity index (χ3n) is 2.44. The Balaban J connectivity index is 2.61. The van der Waals surface area contributed by atoms with Crippen molar-refractivity contribution >= 4 is 30.8 Å². The Morgan fingerprint density at radius 3 is 2.74 bits per heavy atom. The van der Waals surface area contributed by atoms with Crippen LogP contribution in [0.5, 0.6) is 0 Å². The quantitative estimate of drug-likeness (QED) is 0.734. The van der Waals surface area contributed by atoms with Crippen molar-refractivity contribution in [3.63, 3.8) is 0 Å². The lowest BCUT2D eigenvalue weighted by molar-refractivity contribution is -0.136. The summed E-state index contributed by atoms with van der Waals surface area (Å²) in [7, 11) is -4.33. The lowest BCUT2D eigenvalue weighted by atomic mass is 10.2. The third kappa shape index (κ3) is 3.33. The maximum absolute atomic E-state index is 11.1. The largest absolute Gasteiger partial charge is 0.481 e. The van der Waals surface area contributed by atoms with E-state index in [4.69, 9.17) is 26.5 Å². The molecule has 2 heterocycles. The van der Waals surface area contributed by atoms with Crippen LogP contribution in [-0.2, 0) is 21.9 Å². The molecule has 0 spiro atoms. The highest BCUT2D eigenvalue weighted by Gasteiger charge is 2.22. The van der Waals surface area contributed by atoms with E-state index < -0.39 is 26.1 Å². The molecular formula is C10H10ClN2O5P. The van der Waals surface area contributed by atoms with Crippen LogP contribution in [0.25, 0.3) is 5.65 Å². The number of carboxylic acids is 1. The first-order chi connectivity index (χ1) is 8.76. The van der Waals surface area contributed by atoms with Gasteiger partial charge in [0.25, 0.3) is 0 Å². The van der Waals surface area contributed by atoms with Gasteiger partial charge in [-0.1, -0.05) is 11.6 Å². The molecule has 0 saturated heterocycles. The van der Waals surface area contributed by atoms with Crippen molar-refractivity contribution in [3.8, 4) is 0 Å². The highest BCUT2D eigenvalue weighted by Crippen LogP contribution is 2.40. The first-order valence-electron chi connectivity index (χ1n) is 5.18. The van der Waals surface area contributed by atoms with Crippen LogP contribution in [-0.4, -0.2) is 30.2 Å². The van der Waals surface area contributed by atoms with E-state index >= 15 is 0 Å². The monoisotopic (exact) mass is 304 g/mol. The van der Waals surface area contributed by atoms with E-state index in [2.05, 4.69) is 4.98 Å². The van der Waals surface area contributed by atoms with Crippen molar-refractivity contribution in [2.75, 3.05) is 0 Å². The minimum Gasteiger partial charge on any atom is -0.481 e. The third-order valence-corrected chi connectivity index (χ3v) is 3.39. The molecule has 0 amide bonds. The summed E-state index contributed by atoms with van der Waals surface area (Å²) in [5, 5.41) is 9.20. The van der Waals surface area contributed by atoms with Gasteiger partial charge in [-0.2, -0.15) is 0 Å². The van der Waals surface area contributed by atoms with Gasteiger partial charge in [-0.25, -0.2) is 4.98 Å². The van der Waals surface area contributed by atoms with Gasteiger partial charge in [0.05, 0.1) is 24.0 Å². The summed E-state index contributed by atoms with van der Waals surface area (Å²) >= 11 is 5.80. The molecule has 7 nitrogen and oxygen atoms in total. The predicted octanol–water partition coefficient (Wildman–Crippen LogP) is 1.29. The number of imidazole rings is 1. The second kappa shape index (κ2) is 4.94. The maximum atomic E-state index is 11.1. The van der Waals surface area contributed by atoms with Crippen LogP contribution in [0.1, 0.15) is 11.4 Å². The van der Waals surface area contributed by atoms with Crippen LogP contribution >= 0.6 is 19.2 Å². The van der Waals surface area contributed by atoms with Gasteiger partial charge in [0.15, 0.2) is 0 Å². The molecule has 0 saturated carbocycles. The number of rotatable bonds is 4. The Hall–Kier alpha value is -1.40. The van der Waals surface area contributed by atoms with Crippen LogP contribution in [0.2, 0.25) is 5.02 Å². The molecule has 0 fully saturated rings. The van der Waals surface area contributed by atoms with Gasteiger partial charge in [-0.05, 0) is 6.07 Å². The first kappa shape index (κ1) is 14.0. The molecule has 2 aromatic rings. The fourth-order valence-electron chi connectivity index (χ4n) is 1.77. The zero-order valence-electron chi connectivity index (χ0n) is 9.52. The van der Waals surface area contributed by atoms with Gasteiger partial charge < -0.3 is 19.3 Å². The molecule has 19 heavy (non-hydrogen) atoms. The Morgan fingerprint density at radius 1 is 1.47 bits per heavy atom. The molecule has 2 rings (SSSR count). The van der Waals surface area contributed by atoms with E-state index in [1.54, 1.807) is 0 Å². The number of carboxylic acid groups (broad SMARTS) is 1. The normalized spacial score (nSPS) is 11.9. The molecule has 9 heteroatoms. The van der Waals surface area contributed by atoms with Gasteiger partial charge in [0, 0.05) is 17.3 Å². The number of nitrogens with zero attached hydrogens (tertiary/aromatic N) is 2. The Morgan fingerprint density at radius 2 is 2.16 bits per heavy atom. The van der Waals surface area contributed by atoms with Crippen molar-refractivity contribution in [2.24, 2.45) is 0 Å². The summed E-state index contributed by atoms with van der Waals surface area (Å²) in [6.07, 6.45) is 0.522. The zero-order valence-corrected chi connectivity index (χ0v) is 11.2. The molecule has 2 aromatic heterocycles. The molecular weight excluding hydrogens is 295 g/mol. The number of aromatic nitrogens is 2. The molecule has 0 radical (unpaired) electrons. The highest BCUT2D eigenvalue weighted by molar-refractivity contribution is 7.50. The summed E-state index contributed by atoms with van der Waals surface area (Å²) in [4.78, 5) is 32.9. The highest BCUT2D eigenvalue weighted by atomic mass is 35.5. The molecule has 0 aliphatic heterocycles. The molecule has 102 valence electrons. The van der Waals surface area contributed by atoms with Crippen LogP contribution in [0.3, 0.4) is 0 Å². The Labute approximate surface area is 112 Å². The number of aliphatic carboxylic acids is 1. The van der Waals surface area contributed by atoms with Crippen LogP contribution < -0.4 is 0 Å². The van der Waals surface area contributed by atoms with Crippen LogP contribution in [0, 0.1) is 0 Å².